The van der Waals surface area contributed by atoms with Crippen LogP contribution in [0.5, 0.6) is 0 Å². The van der Waals surface area contributed by atoms with Crippen molar-refractivity contribution in [3.05, 3.63) is 33.4 Å². The summed E-state index contributed by atoms with van der Waals surface area (Å²) in [5.74, 6) is 0. The highest BCUT2D eigenvalue weighted by atomic mass is 32.2. The molecule has 0 bridgehead atoms. The largest absolute Gasteiger partial charge is 0.315 e. The first-order valence-corrected chi connectivity index (χ1v) is 8.14. The maximum absolute atomic E-state index is 12.8. The van der Waals surface area contributed by atoms with Gasteiger partial charge in [0.1, 0.15) is 0 Å². The number of aryl methyl sites for hydroxylation is 1. The molecule has 2 rings (SSSR count). The first kappa shape index (κ1) is 15.9. The van der Waals surface area contributed by atoms with E-state index in [4.69, 9.17) is 0 Å². The highest BCUT2D eigenvalue weighted by molar-refractivity contribution is 7.89. The van der Waals surface area contributed by atoms with Gasteiger partial charge < -0.3 is 5.32 Å². The summed E-state index contributed by atoms with van der Waals surface area (Å²) in [6.07, 6.45) is 0.703. The lowest BCUT2D eigenvalue weighted by molar-refractivity contribution is -0.388. The fourth-order valence-electron chi connectivity index (χ4n) is 2.54. The summed E-state index contributed by atoms with van der Waals surface area (Å²) in [6, 6.07) is 2.66. The second-order valence-corrected chi connectivity index (χ2v) is 7.22. The van der Waals surface area contributed by atoms with E-state index in [1.54, 1.807) is 19.9 Å². The molecule has 1 saturated heterocycles. The maximum Gasteiger partial charge on any atom is 0.289 e. The number of nitro benzene ring substituents is 1. The highest BCUT2D eigenvalue weighted by Gasteiger charge is 2.36. The molecule has 0 spiro atoms. The van der Waals surface area contributed by atoms with Gasteiger partial charge in [-0.3, -0.25) is 10.1 Å². The topological polar surface area (TPSA) is 92.5 Å². The van der Waals surface area contributed by atoms with Crippen molar-refractivity contribution in [2.24, 2.45) is 0 Å². The predicted molar refractivity (Wildman–Crippen MR) is 78.8 cm³/mol. The first-order valence-electron chi connectivity index (χ1n) is 6.70. The molecule has 1 atom stereocenters. The molecule has 0 radical (unpaired) electrons. The fourth-order valence-corrected chi connectivity index (χ4v) is 4.35. The Morgan fingerprint density at radius 1 is 1.38 bits per heavy atom. The third kappa shape index (κ3) is 2.78. The van der Waals surface area contributed by atoms with Gasteiger partial charge in [-0.25, -0.2) is 8.42 Å². The van der Waals surface area contributed by atoms with Gasteiger partial charge in [-0.2, -0.15) is 4.31 Å². The van der Waals surface area contributed by atoms with Crippen molar-refractivity contribution >= 4 is 15.7 Å². The van der Waals surface area contributed by atoms with Gasteiger partial charge in [-0.15, -0.1) is 0 Å². The molecular formula is C13H19N3O4S. The molecule has 1 aromatic carbocycles. The summed E-state index contributed by atoms with van der Waals surface area (Å²) in [5, 5.41) is 14.3. The molecule has 1 aliphatic rings. The minimum Gasteiger partial charge on any atom is -0.315 e. The molecule has 21 heavy (non-hydrogen) atoms. The van der Waals surface area contributed by atoms with Crippen molar-refractivity contribution in [2.75, 3.05) is 20.1 Å². The smallest absolute Gasteiger partial charge is 0.289 e. The Morgan fingerprint density at radius 2 is 2.05 bits per heavy atom. The van der Waals surface area contributed by atoms with Crippen LogP contribution in [0.25, 0.3) is 0 Å². The van der Waals surface area contributed by atoms with Crippen molar-refractivity contribution in [1.82, 2.24) is 9.62 Å². The lowest BCUT2D eigenvalue weighted by Gasteiger charge is -2.24. The van der Waals surface area contributed by atoms with Crippen LogP contribution in [0.4, 0.5) is 5.69 Å². The number of sulfonamides is 1. The van der Waals surface area contributed by atoms with E-state index in [0.29, 0.717) is 18.5 Å². The summed E-state index contributed by atoms with van der Waals surface area (Å²) in [4.78, 5) is 10.4. The number of benzene rings is 1. The number of hydrogen-bond donors (Lipinski definition) is 1. The Labute approximate surface area is 124 Å². The third-order valence-electron chi connectivity index (χ3n) is 4.04. The second kappa shape index (κ2) is 5.70. The van der Waals surface area contributed by atoms with E-state index >= 15 is 0 Å². The summed E-state index contributed by atoms with van der Waals surface area (Å²) in [6.45, 7) is 4.67. The average Bonchev–Trinajstić information content (AvgIpc) is 2.93. The van der Waals surface area contributed by atoms with Gasteiger partial charge in [0.25, 0.3) is 5.69 Å². The van der Waals surface area contributed by atoms with Crippen LogP contribution in [0.2, 0.25) is 0 Å². The summed E-state index contributed by atoms with van der Waals surface area (Å²) < 4.78 is 26.9. The Morgan fingerprint density at radius 3 is 2.57 bits per heavy atom. The normalized spacial score (nSPS) is 19.1. The van der Waals surface area contributed by atoms with Gasteiger partial charge in [0, 0.05) is 25.7 Å². The van der Waals surface area contributed by atoms with Crippen LogP contribution >= 0.6 is 0 Å². The lowest BCUT2D eigenvalue weighted by atomic mass is 10.1. The van der Waals surface area contributed by atoms with Crippen molar-refractivity contribution in [3.63, 3.8) is 0 Å². The molecule has 1 aromatic rings. The molecule has 1 N–H and O–H groups in total. The van der Waals surface area contributed by atoms with Gasteiger partial charge in [-0.05, 0) is 37.9 Å². The Kier molecular flexibility index (Phi) is 4.31. The minimum absolute atomic E-state index is 0.172. The van der Waals surface area contributed by atoms with Crippen molar-refractivity contribution < 1.29 is 13.3 Å². The van der Waals surface area contributed by atoms with E-state index in [9.17, 15) is 18.5 Å². The van der Waals surface area contributed by atoms with E-state index in [2.05, 4.69) is 5.32 Å². The molecule has 1 heterocycles. The van der Waals surface area contributed by atoms with Crippen molar-refractivity contribution in [2.45, 2.75) is 31.2 Å². The number of nitrogens with one attached hydrogen (secondary N) is 1. The van der Waals surface area contributed by atoms with E-state index in [1.807, 2.05) is 0 Å². The first-order chi connectivity index (χ1) is 9.76. The molecule has 1 aliphatic heterocycles. The van der Waals surface area contributed by atoms with Crippen LogP contribution in [0, 0.1) is 24.0 Å². The monoisotopic (exact) mass is 313 g/mol. The summed E-state index contributed by atoms with van der Waals surface area (Å²) >= 11 is 0. The predicted octanol–water partition coefficient (Wildman–Crippen LogP) is 1.19. The Balaban J connectivity index is 2.58. The molecule has 1 unspecified atom stereocenters. The average molecular weight is 313 g/mol. The molecule has 7 nitrogen and oxygen atoms in total. The van der Waals surface area contributed by atoms with Crippen LogP contribution < -0.4 is 5.32 Å². The highest BCUT2D eigenvalue weighted by Crippen LogP contribution is 2.32. The van der Waals surface area contributed by atoms with Gasteiger partial charge in [0.05, 0.1) is 4.92 Å². The number of likely N-dealkylation sites (N-methyl/N-ethyl adjacent to an activating group) is 1. The zero-order valence-corrected chi connectivity index (χ0v) is 13.1. The molecule has 0 amide bonds. The minimum atomic E-state index is -3.90. The van der Waals surface area contributed by atoms with E-state index < -0.39 is 14.9 Å². The Hall–Kier alpha value is -1.51. The number of nitro groups is 1. The molecule has 8 heteroatoms. The van der Waals surface area contributed by atoms with E-state index in [1.165, 1.54) is 17.4 Å². The summed E-state index contributed by atoms with van der Waals surface area (Å²) in [5.41, 5.74) is 0.787. The van der Waals surface area contributed by atoms with E-state index in [-0.39, 0.29) is 16.6 Å². The number of nitrogens with zero attached hydrogens (tertiary/aromatic N) is 2. The lowest BCUT2D eigenvalue weighted by Crippen LogP contribution is -2.38. The number of rotatable bonds is 4. The van der Waals surface area contributed by atoms with Gasteiger partial charge in [0.15, 0.2) is 4.90 Å². The third-order valence-corrected chi connectivity index (χ3v) is 6.13. The number of hydrogen-bond acceptors (Lipinski definition) is 5. The SMILES string of the molecule is Cc1ccc([N+](=O)[O-])c(S(=O)(=O)N(C)C2CCNC2)c1C. The van der Waals surface area contributed by atoms with Crippen LogP contribution in [-0.2, 0) is 10.0 Å². The van der Waals surface area contributed by atoms with Crippen LogP contribution in [0.3, 0.4) is 0 Å². The molecule has 116 valence electrons. The van der Waals surface area contributed by atoms with Gasteiger partial charge in [-0.1, -0.05) is 6.07 Å². The fraction of sp³-hybridized carbons (Fsp3) is 0.538. The quantitative estimate of drug-likeness (QED) is 0.666. The van der Waals surface area contributed by atoms with Crippen molar-refractivity contribution in [3.8, 4) is 0 Å². The Bertz CT molecular complexity index is 666. The molecule has 1 fully saturated rings. The van der Waals surface area contributed by atoms with Crippen LogP contribution in [0.1, 0.15) is 17.5 Å². The second-order valence-electron chi connectivity index (χ2n) is 5.28. The zero-order chi connectivity index (χ0) is 15.8. The van der Waals surface area contributed by atoms with Gasteiger partial charge in [0.2, 0.25) is 10.0 Å². The van der Waals surface area contributed by atoms with Crippen LogP contribution in [-0.4, -0.2) is 43.8 Å². The standard InChI is InChI=1S/C13H19N3O4S/c1-9-4-5-12(16(17)18)13(10(9)2)21(19,20)15(3)11-6-7-14-8-11/h4-5,11,14H,6-8H2,1-3H3. The zero-order valence-electron chi connectivity index (χ0n) is 12.3. The molecule has 0 aliphatic carbocycles. The van der Waals surface area contributed by atoms with Crippen molar-refractivity contribution in [1.29, 1.82) is 0 Å². The van der Waals surface area contributed by atoms with Crippen LogP contribution in [0.15, 0.2) is 17.0 Å². The molecule has 0 aromatic heterocycles. The molecule has 0 saturated carbocycles. The molecular weight excluding hydrogens is 294 g/mol. The van der Waals surface area contributed by atoms with E-state index in [0.717, 1.165) is 12.1 Å². The summed E-state index contributed by atoms with van der Waals surface area (Å²) in [7, 11) is -2.41. The maximum atomic E-state index is 12.8. The van der Waals surface area contributed by atoms with Gasteiger partial charge >= 0.3 is 0 Å².